The van der Waals surface area contributed by atoms with Crippen LogP contribution in [0.2, 0.25) is 0 Å². The van der Waals surface area contributed by atoms with Gasteiger partial charge in [0.05, 0.1) is 0 Å². The Labute approximate surface area is 132 Å². The molecule has 0 aromatic carbocycles. The maximum absolute atomic E-state index is 2.66. The Balaban J connectivity index is 1.44. The lowest BCUT2D eigenvalue weighted by molar-refractivity contribution is 0.111. The number of hydrogen-bond acceptors (Lipinski definition) is 0. The predicted octanol–water partition coefficient (Wildman–Crippen LogP) is 6.45. The van der Waals surface area contributed by atoms with Crippen LogP contribution in [0.5, 0.6) is 0 Å². The molecule has 4 fully saturated rings. The maximum Gasteiger partial charge on any atom is -0.0297 e. The van der Waals surface area contributed by atoms with Gasteiger partial charge in [-0.05, 0) is 66.6 Å². The van der Waals surface area contributed by atoms with Gasteiger partial charge in [-0.2, -0.15) is 0 Å². The summed E-state index contributed by atoms with van der Waals surface area (Å²) in [5.74, 6) is 6.57. The molecule has 0 saturated heterocycles. The maximum atomic E-state index is 2.66. The highest BCUT2D eigenvalue weighted by Gasteiger charge is 2.49. The molecule has 0 heterocycles. The van der Waals surface area contributed by atoms with Gasteiger partial charge in [0, 0.05) is 0 Å². The molecule has 4 aliphatic carbocycles. The quantitative estimate of drug-likeness (QED) is 0.548. The van der Waals surface area contributed by atoms with Crippen molar-refractivity contribution in [1.82, 2.24) is 0 Å². The smallest absolute Gasteiger partial charge is 0.0297 e. The van der Waals surface area contributed by atoms with Crippen LogP contribution in [0.25, 0.3) is 0 Å². The normalized spacial score (nSPS) is 47.1. The first kappa shape index (κ1) is 14.6. The Morgan fingerprint density at radius 3 is 1.10 bits per heavy atom. The van der Waals surface area contributed by atoms with E-state index in [4.69, 9.17) is 0 Å². The first-order valence-electron chi connectivity index (χ1n) is 10.1. The molecule has 0 amide bonds. The van der Waals surface area contributed by atoms with Crippen LogP contribution in [0.1, 0.15) is 90.9 Å². The summed E-state index contributed by atoms with van der Waals surface area (Å²) >= 11 is 0. The van der Waals surface area contributed by atoms with Crippen molar-refractivity contribution in [3.8, 4) is 0 Å². The largest absolute Gasteiger partial charge is 0.0594 e. The summed E-state index contributed by atoms with van der Waals surface area (Å²) in [6.45, 7) is 5.33. The molecule has 0 spiro atoms. The van der Waals surface area contributed by atoms with E-state index in [2.05, 4.69) is 13.8 Å². The summed E-state index contributed by atoms with van der Waals surface area (Å²) < 4.78 is 0. The van der Waals surface area contributed by atoms with E-state index in [1.54, 1.807) is 51.4 Å². The lowest BCUT2D eigenvalue weighted by atomic mass is 9.67. The standard InChI is InChI=1S/C21H36/c1-21(2,19-11-15-7-3-4-8-16(15)12-19)20-13-17-9-5-6-10-18(17)14-20/h15-20H,3-14H2,1-2H3. The molecule has 120 valence electrons. The average Bonchev–Trinajstić information content (AvgIpc) is 3.11. The van der Waals surface area contributed by atoms with E-state index < -0.39 is 0 Å². The van der Waals surface area contributed by atoms with Crippen LogP contribution in [-0.2, 0) is 0 Å². The van der Waals surface area contributed by atoms with Crippen molar-refractivity contribution in [1.29, 1.82) is 0 Å². The third-order valence-electron chi connectivity index (χ3n) is 8.59. The van der Waals surface area contributed by atoms with Crippen molar-refractivity contribution in [2.24, 2.45) is 40.9 Å². The zero-order valence-electron chi connectivity index (χ0n) is 14.4. The number of hydrogen-bond donors (Lipinski definition) is 0. The Morgan fingerprint density at radius 1 is 0.524 bits per heavy atom. The van der Waals surface area contributed by atoms with Crippen molar-refractivity contribution >= 4 is 0 Å². The van der Waals surface area contributed by atoms with Gasteiger partial charge in [0.15, 0.2) is 0 Å². The summed E-state index contributed by atoms with van der Waals surface area (Å²) in [6, 6.07) is 0. The second-order valence-electron chi connectivity index (χ2n) is 9.77. The molecule has 4 aliphatic rings. The minimum atomic E-state index is 0.634. The zero-order chi connectivity index (χ0) is 14.4. The van der Waals surface area contributed by atoms with E-state index in [0.717, 1.165) is 35.5 Å². The highest BCUT2D eigenvalue weighted by atomic mass is 14.5. The van der Waals surface area contributed by atoms with Crippen LogP contribution in [0.15, 0.2) is 0 Å². The third kappa shape index (κ3) is 2.59. The van der Waals surface area contributed by atoms with Crippen molar-refractivity contribution in [3.05, 3.63) is 0 Å². The summed E-state index contributed by atoms with van der Waals surface area (Å²) in [4.78, 5) is 0. The van der Waals surface area contributed by atoms with Crippen molar-refractivity contribution in [2.45, 2.75) is 90.9 Å². The van der Waals surface area contributed by atoms with E-state index in [0.29, 0.717) is 5.41 Å². The fourth-order valence-corrected chi connectivity index (χ4v) is 7.01. The average molecular weight is 289 g/mol. The van der Waals surface area contributed by atoms with Gasteiger partial charge in [-0.25, -0.2) is 0 Å². The molecule has 0 radical (unpaired) electrons. The molecule has 21 heavy (non-hydrogen) atoms. The molecule has 0 heteroatoms. The Bertz CT molecular complexity index is 306. The molecule has 0 N–H and O–H groups in total. The highest BCUT2D eigenvalue weighted by molar-refractivity contribution is 4.99. The Hall–Kier alpha value is 0. The zero-order valence-corrected chi connectivity index (χ0v) is 14.4. The molecule has 4 unspecified atom stereocenters. The molecular weight excluding hydrogens is 252 g/mol. The highest BCUT2D eigenvalue weighted by Crippen LogP contribution is 2.58. The first-order chi connectivity index (χ1) is 10.1. The van der Waals surface area contributed by atoms with Crippen molar-refractivity contribution in [2.75, 3.05) is 0 Å². The molecule has 0 aliphatic heterocycles. The van der Waals surface area contributed by atoms with Gasteiger partial charge in [-0.3, -0.25) is 0 Å². The third-order valence-corrected chi connectivity index (χ3v) is 8.59. The SMILES string of the molecule is CC(C)(C1CC2CCCCC2C1)C1CC2CCCCC2C1. The summed E-state index contributed by atoms with van der Waals surface area (Å²) in [7, 11) is 0. The van der Waals surface area contributed by atoms with Gasteiger partial charge < -0.3 is 0 Å². The van der Waals surface area contributed by atoms with Crippen LogP contribution >= 0.6 is 0 Å². The minimum Gasteiger partial charge on any atom is -0.0594 e. The van der Waals surface area contributed by atoms with E-state index in [1.165, 1.54) is 25.7 Å². The molecule has 4 saturated carbocycles. The van der Waals surface area contributed by atoms with Gasteiger partial charge >= 0.3 is 0 Å². The first-order valence-corrected chi connectivity index (χ1v) is 10.1. The van der Waals surface area contributed by atoms with E-state index >= 15 is 0 Å². The number of fused-ring (bicyclic) bond motifs is 2. The van der Waals surface area contributed by atoms with Gasteiger partial charge in [0.25, 0.3) is 0 Å². The van der Waals surface area contributed by atoms with E-state index in [-0.39, 0.29) is 0 Å². The van der Waals surface area contributed by atoms with Gasteiger partial charge in [0.2, 0.25) is 0 Å². The summed E-state index contributed by atoms with van der Waals surface area (Å²) in [5.41, 5.74) is 0.634. The lowest BCUT2D eigenvalue weighted by Crippen LogP contribution is -2.30. The van der Waals surface area contributed by atoms with Crippen LogP contribution in [0, 0.1) is 40.9 Å². The van der Waals surface area contributed by atoms with Gasteiger partial charge in [-0.1, -0.05) is 65.2 Å². The molecule has 0 aromatic rings. The van der Waals surface area contributed by atoms with Crippen LogP contribution in [0.3, 0.4) is 0 Å². The van der Waals surface area contributed by atoms with Gasteiger partial charge in [0.1, 0.15) is 0 Å². The Kier molecular flexibility index (Phi) is 3.87. The predicted molar refractivity (Wildman–Crippen MR) is 90.1 cm³/mol. The van der Waals surface area contributed by atoms with Crippen molar-refractivity contribution < 1.29 is 0 Å². The lowest BCUT2D eigenvalue weighted by Gasteiger charge is -2.38. The van der Waals surface area contributed by atoms with E-state index in [1.807, 2.05) is 0 Å². The molecule has 0 bridgehead atoms. The molecule has 0 aromatic heterocycles. The second kappa shape index (κ2) is 5.57. The molecule has 0 nitrogen and oxygen atoms in total. The van der Waals surface area contributed by atoms with Crippen LogP contribution < -0.4 is 0 Å². The summed E-state index contributed by atoms with van der Waals surface area (Å²) in [6.07, 6.45) is 18.7. The van der Waals surface area contributed by atoms with Crippen molar-refractivity contribution in [3.63, 3.8) is 0 Å². The monoisotopic (exact) mass is 288 g/mol. The molecule has 4 atom stereocenters. The number of rotatable bonds is 2. The van der Waals surface area contributed by atoms with Gasteiger partial charge in [-0.15, -0.1) is 0 Å². The topological polar surface area (TPSA) is 0 Å². The molecular formula is C21H36. The van der Waals surface area contributed by atoms with Crippen LogP contribution in [-0.4, -0.2) is 0 Å². The fourth-order valence-electron chi connectivity index (χ4n) is 7.01. The minimum absolute atomic E-state index is 0.634. The Morgan fingerprint density at radius 2 is 0.810 bits per heavy atom. The van der Waals surface area contributed by atoms with E-state index in [9.17, 15) is 0 Å². The molecule has 4 rings (SSSR count). The summed E-state index contributed by atoms with van der Waals surface area (Å²) in [5, 5.41) is 0. The van der Waals surface area contributed by atoms with Crippen LogP contribution in [0.4, 0.5) is 0 Å². The second-order valence-corrected chi connectivity index (χ2v) is 9.77. The fraction of sp³-hybridized carbons (Fsp3) is 1.00.